The highest BCUT2D eigenvalue weighted by Gasteiger charge is 1.99. The van der Waals surface area contributed by atoms with E-state index in [-0.39, 0.29) is 0 Å². The van der Waals surface area contributed by atoms with Gasteiger partial charge in [0, 0.05) is 18.9 Å². The summed E-state index contributed by atoms with van der Waals surface area (Å²) in [5, 5.41) is 3.06. The third kappa shape index (κ3) is 3.30. The lowest BCUT2D eigenvalue weighted by Crippen LogP contribution is -2.09. The minimum Gasteiger partial charge on any atom is -0.490 e. The number of nitrogens with one attached hydrogen (secondary N) is 1. The van der Waals surface area contributed by atoms with Crippen molar-refractivity contribution in [1.82, 2.24) is 19.9 Å². The highest BCUT2D eigenvalue weighted by molar-refractivity contribution is 5.19. The van der Waals surface area contributed by atoms with Crippen molar-refractivity contribution in [2.45, 2.75) is 20.0 Å². The zero-order chi connectivity index (χ0) is 12.8. The van der Waals surface area contributed by atoms with Gasteiger partial charge in [0.25, 0.3) is 0 Å². The van der Waals surface area contributed by atoms with Crippen molar-refractivity contribution in [2.24, 2.45) is 0 Å². The summed E-state index contributed by atoms with van der Waals surface area (Å²) in [6, 6.07) is 3.91. The number of aromatic nitrogens is 3. The van der Waals surface area contributed by atoms with Crippen molar-refractivity contribution in [1.29, 1.82) is 0 Å². The Bertz CT molecular complexity index is 478. The number of rotatable bonds is 6. The molecule has 96 valence electrons. The van der Waals surface area contributed by atoms with Gasteiger partial charge < -0.3 is 14.6 Å². The van der Waals surface area contributed by atoms with Crippen molar-refractivity contribution in [3.05, 3.63) is 42.2 Å². The van der Waals surface area contributed by atoms with Gasteiger partial charge in [0.2, 0.25) is 0 Å². The number of nitrogens with zero attached hydrogens (tertiary/aromatic N) is 3. The highest BCUT2D eigenvalue weighted by Crippen LogP contribution is 2.09. The molecule has 2 heterocycles. The van der Waals surface area contributed by atoms with Crippen LogP contribution >= 0.6 is 0 Å². The van der Waals surface area contributed by atoms with E-state index in [1.165, 1.54) is 0 Å². The quantitative estimate of drug-likeness (QED) is 0.836. The molecule has 2 aromatic rings. The number of imidazole rings is 1. The lowest BCUT2D eigenvalue weighted by atomic mass is 10.3. The number of aryl methyl sites for hydroxylation is 1. The predicted molar refractivity (Wildman–Crippen MR) is 69.5 cm³/mol. The standard InChI is InChI=1S/C13H18N4O/c1-11-15-5-6-17(11)7-8-18-13-4-3-12(9-14-2)16-10-13/h3-6,10,14H,7-9H2,1-2H3. The van der Waals surface area contributed by atoms with Crippen LogP contribution < -0.4 is 10.1 Å². The van der Waals surface area contributed by atoms with Gasteiger partial charge in [-0.1, -0.05) is 0 Å². The Hall–Kier alpha value is -1.88. The van der Waals surface area contributed by atoms with Gasteiger partial charge in [0.1, 0.15) is 18.2 Å². The smallest absolute Gasteiger partial charge is 0.137 e. The molecule has 0 unspecified atom stereocenters. The van der Waals surface area contributed by atoms with E-state index in [0.717, 1.165) is 30.4 Å². The summed E-state index contributed by atoms with van der Waals surface area (Å²) < 4.78 is 7.69. The van der Waals surface area contributed by atoms with Crippen molar-refractivity contribution < 1.29 is 4.74 Å². The Morgan fingerprint density at radius 1 is 1.33 bits per heavy atom. The van der Waals surface area contributed by atoms with Crippen molar-refractivity contribution >= 4 is 0 Å². The molecule has 0 saturated carbocycles. The minimum absolute atomic E-state index is 0.615. The molecule has 0 fully saturated rings. The average molecular weight is 246 g/mol. The second-order valence-corrected chi connectivity index (χ2v) is 4.03. The van der Waals surface area contributed by atoms with Crippen LogP contribution in [0.15, 0.2) is 30.7 Å². The molecule has 0 saturated heterocycles. The van der Waals surface area contributed by atoms with E-state index in [1.807, 2.05) is 32.3 Å². The molecule has 0 aliphatic carbocycles. The van der Waals surface area contributed by atoms with Crippen LogP contribution in [0.2, 0.25) is 0 Å². The van der Waals surface area contributed by atoms with E-state index in [9.17, 15) is 0 Å². The lowest BCUT2D eigenvalue weighted by Gasteiger charge is -2.08. The summed E-state index contributed by atoms with van der Waals surface area (Å²) in [6.45, 7) is 4.16. The van der Waals surface area contributed by atoms with E-state index in [0.29, 0.717) is 6.61 Å². The Labute approximate surface area is 107 Å². The zero-order valence-corrected chi connectivity index (χ0v) is 10.8. The molecular formula is C13H18N4O. The first-order valence-corrected chi connectivity index (χ1v) is 5.99. The molecule has 0 aromatic carbocycles. The van der Waals surface area contributed by atoms with Crippen LogP contribution in [-0.4, -0.2) is 28.2 Å². The maximum absolute atomic E-state index is 5.64. The summed E-state index contributed by atoms with van der Waals surface area (Å²) in [6.07, 6.45) is 5.50. The molecule has 0 amide bonds. The SMILES string of the molecule is CNCc1ccc(OCCn2ccnc2C)cn1. The van der Waals surface area contributed by atoms with Gasteiger partial charge in [-0.2, -0.15) is 0 Å². The molecule has 0 radical (unpaired) electrons. The number of ether oxygens (including phenoxy) is 1. The minimum atomic E-state index is 0.615. The van der Waals surface area contributed by atoms with E-state index >= 15 is 0 Å². The second-order valence-electron chi connectivity index (χ2n) is 4.03. The molecule has 0 aliphatic heterocycles. The molecule has 18 heavy (non-hydrogen) atoms. The Morgan fingerprint density at radius 2 is 2.22 bits per heavy atom. The molecule has 2 aromatic heterocycles. The van der Waals surface area contributed by atoms with E-state index in [4.69, 9.17) is 4.74 Å². The lowest BCUT2D eigenvalue weighted by molar-refractivity contribution is 0.296. The number of hydrogen-bond acceptors (Lipinski definition) is 4. The van der Waals surface area contributed by atoms with Crippen molar-refractivity contribution in [3.63, 3.8) is 0 Å². The Kier molecular flexibility index (Phi) is 4.30. The summed E-state index contributed by atoms with van der Waals surface area (Å²) >= 11 is 0. The van der Waals surface area contributed by atoms with Gasteiger partial charge in [-0.25, -0.2) is 4.98 Å². The molecule has 5 nitrogen and oxygen atoms in total. The molecule has 1 N–H and O–H groups in total. The van der Waals surface area contributed by atoms with Gasteiger partial charge in [0.15, 0.2) is 0 Å². The van der Waals surface area contributed by atoms with Gasteiger partial charge in [-0.3, -0.25) is 4.98 Å². The van der Waals surface area contributed by atoms with Crippen molar-refractivity contribution in [2.75, 3.05) is 13.7 Å². The summed E-state index contributed by atoms with van der Waals surface area (Å²) in [7, 11) is 1.90. The topological polar surface area (TPSA) is 52.0 Å². The maximum atomic E-state index is 5.64. The number of pyridine rings is 1. The largest absolute Gasteiger partial charge is 0.490 e. The van der Waals surface area contributed by atoms with Crippen LogP contribution in [0.1, 0.15) is 11.5 Å². The van der Waals surface area contributed by atoms with Gasteiger partial charge >= 0.3 is 0 Å². The molecule has 5 heteroatoms. The zero-order valence-electron chi connectivity index (χ0n) is 10.8. The predicted octanol–water partition coefficient (Wildman–Crippen LogP) is 1.38. The molecule has 0 aliphatic rings. The second kappa shape index (κ2) is 6.16. The molecule has 0 atom stereocenters. The third-order valence-corrected chi connectivity index (χ3v) is 2.68. The fraction of sp³-hybridized carbons (Fsp3) is 0.385. The van der Waals surface area contributed by atoms with E-state index in [1.54, 1.807) is 12.4 Å². The maximum Gasteiger partial charge on any atom is 0.137 e. The normalized spacial score (nSPS) is 10.6. The van der Waals surface area contributed by atoms with Crippen LogP contribution in [0.3, 0.4) is 0 Å². The average Bonchev–Trinajstić information content (AvgIpc) is 2.78. The van der Waals surface area contributed by atoms with Crippen LogP contribution in [0.5, 0.6) is 5.75 Å². The fourth-order valence-corrected chi connectivity index (χ4v) is 1.68. The van der Waals surface area contributed by atoms with Crippen LogP contribution in [0.25, 0.3) is 0 Å². The van der Waals surface area contributed by atoms with Crippen LogP contribution in [-0.2, 0) is 13.1 Å². The molecule has 0 bridgehead atoms. The van der Waals surface area contributed by atoms with Crippen molar-refractivity contribution in [3.8, 4) is 5.75 Å². The summed E-state index contributed by atoms with van der Waals surface area (Å²) in [5.74, 6) is 1.80. The Morgan fingerprint density at radius 3 is 2.83 bits per heavy atom. The first kappa shape index (κ1) is 12.6. The molecule has 0 spiro atoms. The monoisotopic (exact) mass is 246 g/mol. The summed E-state index contributed by atoms with van der Waals surface area (Å²) in [5.41, 5.74) is 1.01. The number of hydrogen-bond donors (Lipinski definition) is 1. The Balaban J connectivity index is 1.81. The van der Waals surface area contributed by atoms with Gasteiger partial charge in [-0.05, 0) is 26.1 Å². The molecular weight excluding hydrogens is 228 g/mol. The van der Waals surface area contributed by atoms with E-state index < -0.39 is 0 Å². The van der Waals surface area contributed by atoms with Gasteiger partial charge in [-0.15, -0.1) is 0 Å². The fourth-order valence-electron chi connectivity index (χ4n) is 1.68. The first-order chi connectivity index (χ1) is 8.79. The van der Waals surface area contributed by atoms with E-state index in [2.05, 4.69) is 19.9 Å². The van der Waals surface area contributed by atoms with Crippen LogP contribution in [0.4, 0.5) is 0 Å². The van der Waals surface area contributed by atoms with Gasteiger partial charge in [0.05, 0.1) is 18.4 Å². The molecule has 2 rings (SSSR count). The first-order valence-electron chi connectivity index (χ1n) is 5.99. The third-order valence-electron chi connectivity index (χ3n) is 2.68. The van der Waals surface area contributed by atoms with Crippen LogP contribution in [0, 0.1) is 6.92 Å². The highest BCUT2D eigenvalue weighted by atomic mass is 16.5. The summed E-state index contributed by atoms with van der Waals surface area (Å²) in [4.78, 5) is 8.46.